The number of allylic oxidation sites excluding steroid dienone is 1. The number of rotatable bonds is 13. The van der Waals surface area contributed by atoms with E-state index in [1.54, 1.807) is 43.3 Å². The molecular formula is C28H34O9. The average molecular weight is 515 g/mol. The van der Waals surface area contributed by atoms with Gasteiger partial charge in [0.2, 0.25) is 0 Å². The summed E-state index contributed by atoms with van der Waals surface area (Å²) in [6, 6.07) is 7.00. The lowest BCUT2D eigenvalue weighted by Gasteiger charge is -2.29. The predicted molar refractivity (Wildman–Crippen MR) is 135 cm³/mol. The van der Waals surface area contributed by atoms with Crippen LogP contribution in [0.25, 0.3) is 5.57 Å². The third-order valence-electron chi connectivity index (χ3n) is 5.92. The number of aliphatic hydroxyl groups is 3. The van der Waals surface area contributed by atoms with Gasteiger partial charge in [-0.3, -0.25) is 0 Å². The first-order valence-electron chi connectivity index (χ1n) is 12.2. The zero-order valence-corrected chi connectivity index (χ0v) is 21.0. The van der Waals surface area contributed by atoms with Crippen molar-refractivity contribution in [2.24, 2.45) is 5.92 Å². The third kappa shape index (κ3) is 8.04. The molecule has 2 aliphatic rings. The van der Waals surface area contributed by atoms with Gasteiger partial charge in [-0.15, -0.1) is 0 Å². The van der Waals surface area contributed by atoms with Crippen molar-refractivity contribution in [3.8, 4) is 5.75 Å². The zero-order chi connectivity index (χ0) is 26.9. The molecule has 9 nitrogen and oxygen atoms in total. The molecule has 3 rings (SSSR count). The first-order chi connectivity index (χ1) is 17.7. The molecule has 0 amide bonds. The molecule has 9 heteroatoms. The van der Waals surface area contributed by atoms with Gasteiger partial charge in [-0.1, -0.05) is 37.8 Å². The van der Waals surface area contributed by atoms with Gasteiger partial charge in [-0.05, 0) is 43.2 Å². The quantitative estimate of drug-likeness (QED) is 0.268. The monoisotopic (exact) mass is 514 g/mol. The van der Waals surface area contributed by atoms with Crippen LogP contribution < -0.4 is 4.74 Å². The van der Waals surface area contributed by atoms with Crippen LogP contribution in [0.3, 0.4) is 0 Å². The topological polar surface area (TPSA) is 132 Å². The van der Waals surface area contributed by atoms with Crippen LogP contribution in [0.2, 0.25) is 0 Å². The lowest BCUT2D eigenvalue weighted by atomic mass is 9.90. The number of esters is 2. The number of benzene rings is 1. The zero-order valence-electron chi connectivity index (χ0n) is 21.0. The van der Waals surface area contributed by atoms with E-state index in [1.807, 2.05) is 12.2 Å². The van der Waals surface area contributed by atoms with Crippen LogP contribution in [0, 0.1) is 5.92 Å². The van der Waals surface area contributed by atoms with Gasteiger partial charge in [0.15, 0.2) is 0 Å². The summed E-state index contributed by atoms with van der Waals surface area (Å²) in [5.41, 5.74) is 1.36. The Bertz CT molecular complexity index is 1050. The Morgan fingerprint density at radius 1 is 1.08 bits per heavy atom. The molecule has 1 aliphatic carbocycles. The van der Waals surface area contributed by atoms with Crippen molar-refractivity contribution >= 4 is 17.5 Å². The van der Waals surface area contributed by atoms with Crippen molar-refractivity contribution in [2.75, 3.05) is 19.8 Å². The Hall–Kier alpha value is -3.40. The van der Waals surface area contributed by atoms with E-state index in [0.29, 0.717) is 35.5 Å². The molecule has 0 fully saturated rings. The van der Waals surface area contributed by atoms with Crippen LogP contribution >= 0.6 is 0 Å². The lowest BCUT2D eigenvalue weighted by molar-refractivity contribution is -0.142. The van der Waals surface area contributed by atoms with Crippen LogP contribution in [0.15, 0.2) is 66.5 Å². The molecule has 200 valence electrons. The van der Waals surface area contributed by atoms with Crippen LogP contribution in [-0.4, -0.2) is 71.5 Å². The molecule has 0 saturated carbocycles. The number of aliphatic hydroxyl groups excluding tert-OH is 3. The second-order valence-electron chi connectivity index (χ2n) is 9.00. The number of carbonyl (C=O) groups is 2. The SMILES string of the molecule is C=C(C)C(=O)OCC(O)COC1=CC2OC(=O)C(c3ccc(OCCC(O)C(O)CC)cc3)=CC2C=C1. The maximum atomic E-state index is 12.7. The van der Waals surface area contributed by atoms with Gasteiger partial charge in [0.1, 0.15) is 36.9 Å². The summed E-state index contributed by atoms with van der Waals surface area (Å²) in [5.74, 6) is -0.202. The first-order valence-corrected chi connectivity index (χ1v) is 12.2. The van der Waals surface area contributed by atoms with E-state index in [0.717, 1.165) is 0 Å². The largest absolute Gasteiger partial charge is 0.493 e. The maximum absolute atomic E-state index is 12.7. The molecule has 0 bridgehead atoms. The molecule has 1 aromatic rings. The molecule has 0 spiro atoms. The van der Waals surface area contributed by atoms with Crippen LogP contribution in [0.5, 0.6) is 5.75 Å². The number of hydrogen-bond acceptors (Lipinski definition) is 9. The van der Waals surface area contributed by atoms with E-state index < -0.39 is 36.4 Å². The molecule has 1 heterocycles. The number of hydrogen-bond donors (Lipinski definition) is 3. The third-order valence-corrected chi connectivity index (χ3v) is 5.92. The van der Waals surface area contributed by atoms with Crippen molar-refractivity contribution in [3.63, 3.8) is 0 Å². The van der Waals surface area contributed by atoms with Gasteiger partial charge in [-0.25, -0.2) is 9.59 Å². The minimum atomic E-state index is -1.02. The van der Waals surface area contributed by atoms with Crippen molar-refractivity contribution in [1.82, 2.24) is 0 Å². The summed E-state index contributed by atoms with van der Waals surface area (Å²) in [6.07, 6.45) is 4.72. The summed E-state index contributed by atoms with van der Waals surface area (Å²) in [5, 5.41) is 29.4. The molecule has 3 N–H and O–H groups in total. The minimum absolute atomic E-state index is 0.0986. The highest BCUT2D eigenvalue weighted by molar-refractivity contribution is 6.17. The molecule has 5 unspecified atom stereocenters. The second-order valence-corrected chi connectivity index (χ2v) is 9.00. The highest BCUT2D eigenvalue weighted by Gasteiger charge is 2.31. The van der Waals surface area contributed by atoms with E-state index in [9.17, 15) is 24.9 Å². The fourth-order valence-electron chi connectivity index (χ4n) is 3.69. The second kappa shape index (κ2) is 13.2. The molecule has 0 saturated heterocycles. The van der Waals surface area contributed by atoms with Gasteiger partial charge in [-0.2, -0.15) is 0 Å². The van der Waals surface area contributed by atoms with Crippen LogP contribution in [0.4, 0.5) is 0 Å². The number of carbonyl (C=O) groups excluding carboxylic acids is 2. The molecule has 1 aliphatic heterocycles. The van der Waals surface area contributed by atoms with E-state index >= 15 is 0 Å². The lowest BCUT2D eigenvalue weighted by Crippen LogP contribution is -2.31. The van der Waals surface area contributed by atoms with Crippen molar-refractivity contribution in [2.45, 2.75) is 51.1 Å². The van der Waals surface area contributed by atoms with Crippen molar-refractivity contribution in [3.05, 3.63) is 72.0 Å². The Labute approximate surface area is 216 Å². The molecule has 37 heavy (non-hydrogen) atoms. The van der Waals surface area contributed by atoms with Gasteiger partial charge in [0.05, 0.1) is 24.4 Å². The summed E-state index contributed by atoms with van der Waals surface area (Å²) >= 11 is 0. The summed E-state index contributed by atoms with van der Waals surface area (Å²) < 4.78 is 21.7. The standard InChI is InChI=1S/C28H34O9/c1-4-24(30)25(31)11-12-34-21-8-5-18(6-9-21)23-13-19-7-10-22(14-26(19)37-28(23)33)35-15-20(29)16-36-27(32)17(2)3/h5-10,13-14,19-20,24-26,29-31H,2,4,11-12,15-16H2,1,3H3. The Balaban J connectivity index is 1.52. The predicted octanol–water partition coefficient (Wildman–Crippen LogP) is 2.46. The van der Waals surface area contributed by atoms with Gasteiger partial charge >= 0.3 is 11.9 Å². The van der Waals surface area contributed by atoms with Gasteiger partial charge in [0, 0.05) is 17.9 Å². The fourth-order valence-corrected chi connectivity index (χ4v) is 3.69. The minimum Gasteiger partial charge on any atom is -0.493 e. The highest BCUT2D eigenvalue weighted by atomic mass is 16.6. The Morgan fingerprint density at radius 2 is 1.81 bits per heavy atom. The van der Waals surface area contributed by atoms with Gasteiger partial charge < -0.3 is 34.3 Å². The number of ether oxygens (including phenoxy) is 4. The number of fused-ring (bicyclic) bond motifs is 1. The Kier molecular flexibility index (Phi) is 10.1. The van der Waals surface area contributed by atoms with E-state index in [2.05, 4.69) is 6.58 Å². The molecule has 1 aromatic carbocycles. The molecular weight excluding hydrogens is 480 g/mol. The fraction of sp³-hybridized carbons (Fsp3) is 0.429. The van der Waals surface area contributed by atoms with E-state index in [-0.39, 0.29) is 31.3 Å². The molecule has 0 aromatic heterocycles. The summed E-state index contributed by atoms with van der Waals surface area (Å²) in [6.45, 7) is 6.73. The summed E-state index contributed by atoms with van der Waals surface area (Å²) in [4.78, 5) is 24.1. The normalized spacial score (nSPS) is 20.9. The molecule has 5 atom stereocenters. The maximum Gasteiger partial charge on any atom is 0.339 e. The molecule has 0 radical (unpaired) electrons. The van der Waals surface area contributed by atoms with Crippen LogP contribution in [-0.2, 0) is 23.8 Å². The summed E-state index contributed by atoms with van der Waals surface area (Å²) in [7, 11) is 0. The van der Waals surface area contributed by atoms with E-state index in [1.165, 1.54) is 6.92 Å². The van der Waals surface area contributed by atoms with Crippen LogP contribution in [0.1, 0.15) is 32.3 Å². The van der Waals surface area contributed by atoms with Gasteiger partial charge in [0.25, 0.3) is 0 Å². The smallest absolute Gasteiger partial charge is 0.339 e. The highest BCUT2D eigenvalue weighted by Crippen LogP contribution is 2.32. The van der Waals surface area contributed by atoms with E-state index in [4.69, 9.17) is 18.9 Å². The Morgan fingerprint density at radius 3 is 2.49 bits per heavy atom. The average Bonchev–Trinajstić information content (AvgIpc) is 2.89. The first kappa shape index (κ1) is 28.2. The van der Waals surface area contributed by atoms with Crippen molar-refractivity contribution in [1.29, 1.82) is 0 Å². The van der Waals surface area contributed by atoms with Crippen molar-refractivity contribution < 1.29 is 43.9 Å².